The van der Waals surface area contributed by atoms with Crippen molar-refractivity contribution in [2.24, 2.45) is 10.9 Å². The van der Waals surface area contributed by atoms with Gasteiger partial charge in [-0.15, -0.1) is 0 Å². The number of amidine groups is 1. The average molecular weight is 245 g/mol. The Bertz CT molecular complexity index is 293. The molecule has 0 spiro atoms. The third kappa shape index (κ3) is 4.20. The molecule has 0 saturated carbocycles. The number of carbonyl (C=O) groups is 1. The number of hydrogen-bond donors (Lipinski definition) is 2. The van der Waals surface area contributed by atoms with E-state index in [0.29, 0.717) is 13.2 Å². The molecule has 0 aliphatic carbocycles. The zero-order valence-corrected chi connectivity index (χ0v) is 10.1. The Labute approximate surface area is 100 Å². The smallest absolute Gasteiger partial charge is 0.248 e. The highest BCUT2D eigenvalue weighted by molar-refractivity contribution is 5.86. The first-order chi connectivity index (χ1) is 8.04. The van der Waals surface area contributed by atoms with Crippen LogP contribution in [0.3, 0.4) is 0 Å². The van der Waals surface area contributed by atoms with E-state index in [4.69, 9.17) is 20.4 Å². The summed E-state index contributed by atoms with van der Waals surface area (Å²) in [6, 6.07) is 0. The van der Waals surface area contributed by atoms with Gasteiger partial charge in [0, 0.05) is 6.54 Å². The second-order valence-corrected chi connectivity index (χ2v) is 4.08. The van der Waals surface area contributed by atoms with Crippen LogP contribution >= 0.6 is 0 Å². The van der Waals surface area contributed by atoms with E-state index >= 15 is 0 Å². The summed E-state index contributed by atoms with van der Waals surface area (Å²) >= 11 is 0. The molecule has 1 rings (SSSR count). The molecule has 1 aliphatic rings. The van der Waals surface area contributed by atoms with Gasteiger partial charge >= 0.3 is 0 Å². The van der Waals surface area contributed by atoms with Crippen molar-refractivity contribution in [1.82, 2.24) is 4.90 Å². The summed E-state index contributed by atoms with van der Waals surface area (Å²) in [5, 5.41) is 11.4. The largest absolute Gasteiger partial charge is 0.409 e. The Kier molecular flexibility index (Phi) is 5.17. The SMILES string of the molecule is CC(C)OCC(=O)N1CCOC(C(N)=NO)C1. The molecule has 0 bridgehead atoms. The quantitative estimate of drug-likeness (QED) is 0.298. The Hall–Kier alpha value is -1.34. The maximum Gasteiger partial charge on any atom is 0.248 e. The van der Waals surface area contributed by atoms with Crippen molar-refractivity contribution < 1.29 is 19.5 Å². The van der Waals surface area contributed by atoms with E-state index in [-0.39, 0.29) is 31.0 Å². The predicted molar refractivity (Wildman–Crippen MR) is 60.8 cm³/mol. The van der Waals surface area contributed by atoms with Gasteiger partial charge < -0.3 is 25.3 Å². The fourth-order valence-corrected chi connectivity index (χ4v) is 1.45. The van der Waals surface area contributed by atoms with Gasteiger partial charge in [0.2, 0.25) is 5.91 Å². The molecule has 3 N–H and O–H groups in total. The summed E-state index contributed by atoms with van der Waals surface area (Å²) in [6.45, 7) is 4.93. The van der Waals surface area contributed by atoms with E-state index in [0.717, 1.165) is 0 Å². The molecule has 1 amide bonds. The summed E-state index contributed by atoms with van der Waals surface area (Å²) in [5.74, 6) is -0.134. The number of carbonyl (C=O) groups excluding carboxylic acids is 1. The van der Waals surface area contributed by atoms with E-state index in [2.05, 4.69) is 5.16 Å². The van der Waals surface area contributed by atoms with Crippen LogP contribution in [0.4, 0.5) is 0 Å². The lowest BCUT2D eigenvalue weighted by molar-refractivity contribution is -0.143. The average Bonchev–Trinajstić information content (AvgIpc) is 2.35. The van der Waals surface area contributed by atoms with E-state index in [1.807, 2.05) is 13.8 Å². The molecule has 17 heavy (non-hydrogen) atoms. The number of oxime groups is 1. The monoisotopic (exact) mass is 245 g/mol. The van der Waals surface area contributed by atoms with Gasteiger partial charge in [0.1, 0.15) is 12.7 Å². The van der Waals surface area contributed by atoms with Gasteiger partial charge in [0.15, 0.2) is 5.84 Å². The minimum absolute atomic E-state index is 0.0138. The van der Waals surface area contributed by atoms with Gasteiger partial charge in [-0.3, -0.25) is 4.79 Å². The third-order valence-corrected chi connectivity index (χ3v) is 2.40. The first-order valence-electron chi connectivity index (χ1n) is 5.53. The van der Waals surface area contributed by atoms with Crippen molar-refractivity contribution in [1.29, 1.82) is 0 Å². The number of nitrogens with zero attached hydrogens (tertiary/aromatic N) is 2. The van der Waals surface area contributed by atoms with E-state index in [1.165, 1.54) is 0 Å². The Morgan fingerprint density at radius 2 is 2.41 bits per heavy atom. The molecule has 1 unspecified atom stereocenters. The lowest BCUT2D eigenvalue weighted by atomic mass is 10.2. The van der Waals surface area contributed by atoms with Gasteiger partial charge in [-0.2, -0.15) is 0 Å². The van der Waals surface area contributed by atoms with Gasteiger partial charge in [-0.05, 0) is 13.8 Å². The zero-order chi connectivity index (χ0) is 12.8. The molecule has 7 nitrogen and oxygen atoms in total. The summed E-state index contributed by atoms with van der Waals surface area (Å²) in [5.41, 5.74) is 5.44. The second kappa shape index (κ2) is 6.41. The molecule has 1 aliphatic heterocycles. The van der Waals surface area contributed by atoms with Crippen LogP contribution in [-0.4, -0.2) is 60.4 Å². The molecule has 0 aromatic carbocycles. The summed E-state index contributed by atoms with van der Waals surface area (Å²) in [4.78, 5) is 13.4. The van der Waals surface area contributed by atoms with Crippen molar-refractivity contribution in [3.8, 4) is 0 Å². The van der Waals surface area contributed by atoms with Crippen molar-refractivity contribution >= 4 is 11.7 Å². The molecule has 98 valence electrons. The minimum atomic E-state index is -0.545. The lowest BCUT2D eigenvalue weighted by Gasteiger charge is -2.32. The van der Waals surface area contributed by atoms with E-state index in [1.54, 1.807) is 4.90 Å². The predicted octanol–water partition coefficient (Wildman–Crippen LogP) is -0.615. The van der Waals surface area contributed by atoms with E-state index in [9.17, 15) is 4.79 Å². The maximum atomic E-state index is 11.8. The molecule has 0 aromatic rings. The molecule has 1 fully saturated rings. The molecular formula is C10H19N3O4. The molecule has 1 saturated heterocycles. The van der Waals surface area contributed by atoms with Crippen LogP contribution in [0, 0.1) is 0 Å². The van der Waals surface area contributed by atoms with Crippen molar-refractivity contribution in [2.75, 3.05) is 26.3 Å². The molecule has 7 heteroatoms. The number of amides is 1. The van der Waals surface area contributed by atoms with Gasteiger partial charge in [-0.1, -0.05) is 5.16 Å². The van der Waals surface area contributed by atoms with Crippen molar-refractivity contribution in [2.45, 2.75) is 26.1 Å². The summed E-state index contributed by atoms with van der Waals surface area (Å²) in [7, 11) is 0. The Morgan fingerprint density at radius 3 is 3.00 bits per heavy atom. The number of ether oxygens (including phenoxy) is 2. The highest BCUT2D eigenvalue weighted by Crippen LogP contribution is 2.06. The number of rotatable bonds is 4. The lowest BCUT2D eigenvalue weighted by Crippen LogP contribution is -2.51. The Balaban J connectivity index is 2.46. The van der Waals surface area contributed by atoms with Gasteiger partial charge in [0.25, 0.3) is 0 Å². The first kappa shape index (κ1) is 13.7. The number of nitrogens with two attached hydrogens (primary N) is 1. The molecular weight excluding hydrogens is 226 g/mol. The van der Waals surface area contributed by atoms with Crippen LogP contribution in [0.1, 0.15) is 13.8 Å². The van der Waals surface area contributed by atoms with Crippen molar-refractivity contribution in [3.05, 3.63) is 0 Å². The second-order valence-electron chi connectivity index (χ2n) is 4.08. The first-order valence-corrected chi connectivity index (χ1v) is 5.53. The van der Waals surface area contributed by atoms with Crippen LogP contribution in [-0.2, 0) is 14.3 Å². The van der Waals surface area contributed by atoms with Crippen LogP contribution < -0.4 is 5.73 Å². The van der Waals surface area contributed by atoms with Crippen LogP contribution in [0.25, 0.3) is 0 Å². The fourth-order valence-electron chi connectivity index (χ4n) is 1.45. The van der Waals surface area contributed by atoms with Crippen LogP contribution in [0.5, 0.6) is 0 Å². The molecule has 0 radical (unpaired) electrons. The topological polar surface area (TPSA) is 97.4 Å². The third-order valence-electron chi connectivity index (χ3n) is 2.40. The molecule has 1 heterocycles. The number of morpholine rings is 1. The van der Waals surface area contributed by atoms with Crippen LogP contribution in [0.15, 0.2) is 5.16 Å². The molecule has 0 aromatic heterocycles. The maximum absolute atomic E-state index is 11.8. The summed E-state index contributed by atoms with van der Waals surface area (Å²) in [6.07, 6.45) is -0.531. The highest BCUT2D eigenvalue weighted by atomic mass is 16.5. The Morgan fingerprint density at radius 1 is 1.71 bits per heavy atom. The van der Waals surface area contributed by atoms with Gasteiger partial charge in [0.05, 0.1) is 19.3 Å². The van der Waals surface area contributed by atoms with Gasteiger partial charge in [-0.25, -0.2) is 0 Å². The standard InChI is InChI=1S/C10H19N3O4/c1-7(2)17-6-9(14)13-3-4-16-8(5-13)10(11)12-15/h7-8,15H,3-6H2,1-2H3,(H2,11,12). The number of hydrogen-bond acceptors (Lipinski definition) is 5. The fraction of sp³-hybridized carbons (Fsp3) is 0.800. The zero-order valence-electron chi connectivity index (χ0n) is 10.1. The summed E-state index contributed by atoms with van der Waals surface area (Å²) < 4.78 is 10.5. The molecule has 1 atom stereocenters. The normalized spacial score (nSPS) is 21.9. The van der Waals surface area contributed by atoms with Crippen LogP contribution in [0.2, 0.25) is 0 Å². The highest BCUT2D eigenvalue weighted by Gasteiger charge is 2.26. The van der Waals surface area contributed by atoms with E-state index < -0.39 is 6.10 Å². The minimum Gasteiger partial charge on any atom is -0.409 e. The van der Waals surface area contributed by atoms with Crippen molar-refractivity contribution in [3.63, 3.8) is 0 Å².